The van der Waals surface area contributed by atoms with Crippen molar-refractivity contribution in [3.05, 3.63) is 57.1 Å². The smallest absolute Gasteiger partial charge is 0.229 e. The van der Waals surface area contributed by atoms with E-state index < -0.39 is 0 Å². The van der Waals surface area contributed by atoms with Gasteiger partial charge < -0.3 is 10.3 Å². The number of carbonyl (C=O) groups is 1. The lowest BCUT2D eigenvalue weighted by Gasteiger charge is -2.12. The number of thiophene rings is 2. The molecule has 0 saturated heterocycles. The monoisotopic (exact) mass is 393 g/mol. The van der Waals surface area contributed by atoms with Crippen LogP contribution in [0.4, 0.5) is 5.00 Å². The number of nitrogens with one attached hydrogen (secondary N) is 2. The molecule has 1 aliphatic rings. The van der Waals surface area contributed by atoms with E-state index in [0.29, 0.717) is 6.42 Å². The minimum Gasteiger partial charge on any atom is -0.338 e. The Morgan fingerprint density at radius 1 is 1.19 bits per heavy atom. The van der Waals surface area contributed by atoms with Crippen molar-refractivity contribution in [2.24, 2.45) is 0 Å². The maximum atomic E-state index is 12.6. The van der Waals surface area contributed by atoms with E-state index in [2.05, 4.69) is 10.3 Å². The first kappa shape index (κ1) is 16.7. The van der Waals surface area contributed by atoms with Crippen LogP contribution in [0.25, 0.3) is 22.4 Å². The fourth-order valence-corrected chi connectivity index (χ4v) is 5.70. The lowest BCUT2D eigenvalue weighted by Crippen LogP contribution is -2.13. The van der Waals surface area contributed by atoms with E-state index in [9.17, 15) is 4.79 Å². The molecule has 6 heteroatoms. The third-order valence-electron chi connectivity index (χ3n) is 5.00. The number of H-pyrrole nitrogens is 1. The maximum Gasteiger partial charge on any atom is 0.229 e. The number of amides is 1. The summed E-state index contributed by atoms with van der Waals surface area (Å²) in [5, 5.41) is 8.14. The summed E-state index contributed by atoms with van der Waals surface area (Å²) in [4.78, 5) is 22.3. The van der Waals surface area contributed by atoms with E-state index in [0.717, 1.165) is 45.8 Å². The van der Waals surface area contributed by atoms with E-state index in [1.54, 1.807) is 22.7 Å². The number of aromatic nitrogens is 2. The Morgan fingerprint density at radius 2 is 2.07 bits per heavy atom. The number of rotatable bonds is 4. The number of carbonyl (C=O) groups excluding carboxylic acids is 1. The van der Waals surface area contributed by atoms with Crippen LogP contribution in [-0.4, -0.2) is 15.9 Å². The van der Waals surface area contributed by atoms with E-state index in [4.69, 9.17) is 4.98 Å². The van der Waals surface area contributed by atoms with Crippen molar-refractivity contribution in [1.82, 2.24) is 9.97 Å². The summed E-state index contributed by atoms with van der Waals surface area (Å²) in [6.07, 6.45) is 4.96. The molecule has 1 amide bonds. The molecular weight excluding hydrogens is 374 g/mol. The van der Waals surface area contributed by atoms with E-state index >= 15 is 0 Å². The molecule has 0 atom stereocenters. The van der Waals surface area contributed by atoms with Crippen LogP contribution in [0.15, 0.2) is 41.1 Å². The molecule has 1 aliphatic carbocycles. The molecule has 136 valence electrons. The molecule has 3 aromatic heterocycles. The Balaban J connectivity index is 1.54. The molecule has 27 heavy (non-hydrogen) atoms. The third kappa shape index (κ3) is 3.19. The van der Waals surface area contributed by atoms with Crippen LogP contribution >= 0.6 is 22.7 Å². The number of para-hydroxylation sites is 2. The zero-order valence-corrected chi connectivity index (χ0v) is 16.4. The summed E-state index contributed by atoms with van der Waals surface area (Å²) in [6, 6.07) is 10.1. The summed E-state index contributed by atoms with van der Waals surface area (Å²) in [7, 11) is 0. The van der Waals surface area contributed by atoms with Crippen molar-refractivity contribution in [1.29, 1.82) is 0 Å². The van der Waals surface area contributed by atoms with Crippen LogP contribution in [0, 0.1) is 0 Å². The summed E-state index contributed by atoms with van der Waals surface area (Å²) < 4.78 is 0. The van der Waals surface area contributed by atoms with Gasteiger partial charge in [0.2, 0.25) is 5.91 Å². The number of hydrogen-bond donors (Lipinski definition) is 2. The van der Waals surface area contributed by atoms with Crippen molar-refractivity contribution in [3.8, 4) is 11.4 Å². The first-order valence-corrected chi connectivity index (χ1v) is 10.9. The van der Waals surface area contributed by atoms with E-state index in [1.165, 1.54) is 23.3 Å². The quantitative estimate of drug-likeness (QED) is 0.487. The van der Waals surface area contributed by atoms with Gasteiger partial charge in [0, 0.05) is 4.88 Å². The van der Waals surface area contributed by atoms with Crippen LogP contribution in [0.5, 0.6) is 0 Å². The predicted octanol–water partition coefficient (Wildman–Crippen LogP) is 5.41. The van der Waals surface area contributed by atoms with Gasteiger partial charge in [0.1, 0.15) is 10.8 Å². The number of aromatic amines is 1. The van der Waals surface area contributed by atoms with Gasteiger partial charge in [-0.15, -0.1) is 11.3 Å². The van der Waals surface area contributed by atoms with Gasteiger partial charge >= 0.3 is 0 Å². The molecule has 0 aliphatic heterocycles. The third-order valence-corrected chi connectivity index (χ3v) is 6.93. The average molecular weight is 394 g/mol. The highest BCUT2D eigenvalue weighted by Gasteiger charge is 2.25. The molecular formula is C21H19N3OS2. The molecule has 0 fully saturated rings. The summed E-state index contributed by atoms with van der Waals surface area (Å²) >= 11 is 3.34. The fourth-order valence-electron chi connectivity index (χ4n) is 3.73. The molecule has 4 aromatic rings. The second-order valence-electron chi connectivity index (χ2n) is 6.87. The normalized spacial score (nSPS) is 13.6. The van der Waals surface area contributed by atoms with Crippen molar-refractivity contribution in [2.75, 3.05) is 5.32 Å². The Bertz CT molecular complexity index is 1080. The maximum absolute atomic E-state index is 12.6. The topological polar surface area (TPSA) is 57.8 Å². The largest absolute Gasteiger partial charge is 0.338 e. The summed E-state index contributed by atoms with van der Waals surface area (Å²) in [6.45, 7) is 0. The van der Waals surface area contributed by atoms with Crippen LogP contribution < -0.4 is 5.32 Å². The molecule has 0 radical (unpaired) electrons. The highest BCUT2D eigenvalue weighted by atomic mass is 32.1. The highest BCUT2D eigenvalue weighted by molar-refractivity contribution is 7.17. The van der Waals surface area contributed by atoms with Gasteiger partial charge in [-0.3, -0.25) is 4.79 Å². The first-order chi connectivity index (χ1) is 13.3. The number of benzene rings is 1. The van der Waals surface area contributed by atoms with Gasteiger partial charge in [-0.1, -0.05) is 12.1 Å². The highest BCUT2D eigenvalue weighted by Crippen LogP contribution is 2.43. The number of anilines is 1. The Kier molecular flexibility index (Phi) is 4.30. The summed E-state index contributed by atoms with van der Waals surface area (Å²) in [5.41, 5.74) is 5.49. The number of fused-ring (bicyclic) bond motifs is 2. The molecule has 0 spiro atoms. The van der Waals surface area contributed by atoms with Crippen molar-refractivity contribution in [2.45, 2.75) is 32.1 Å². The van der Waals surface area contributed by atoms with Crippen LogP contribution in [0.1, 0.15) is 28.8 Å². The lowest BCUT2D eigenvalue weighted by atomic mass is 9.95. The number of hydrogen-bond acceptors (Lipinski definition) is 4. The van der Waals surface area contributed by atoms with E-state index in [1.807, 2.05) is 41.1 Å². The second-order valence-corrected chi connectivity index (χ2v) is 8.76. The second kappa shape index (κ2) is 6.94. The van der Waals surface area contributed by atoms with Gasteiger partial charge in [-0.05, 0) is 65.8 Å². The standard InChI is InChI=1S/C21H19N3OS2/c25-18(11-13-9-10-26-12-13)24-21-19(14-5-1-4-8-17(14)27-21)20-22-15-6-2-3-7-16(15)23-20/h2-3,6-7,9-10,12H,1,4-5,8,11H2,(H,22,23)(H,24,25). The van der Waals surface area contributed by atoms with Crippen LogP contribution in [-0.2, 0) is 24.1 Å². The Labute approximate surface area is 165 Å². The minimum atomic E-state index is 0.0318. The molecule has 0 unspecified atom stereocenters. The summed E-state index contributed by atoms with van der Waals surface area (Å²) in [5.74, 6) is 0.894. The fraction of sp³-hybridized carbons (Fsp3) is 0.238. The number of aryl methyl sites for hydroxylation is 1. The molecule has 1 aromatic carbocycles. The van der Waals surface area contributed by atoms with Crippen LogP contribution in [0.2, 0.25) is 0 Å². The van der Waals surface area contributed by atoms with Gasteiger partial charge in [-0.2, -0.15) is 11.3 Å². The van der Waals surface area contributed by atoms with Crippen molar-refractivity contribution < 1.29 is 4.79 Å². The van der Waals surface area contributed by atoms with Crippen molar-refractivity contribution in [3.63, 3.8) is 0 Å². The molecule has 0 bridgehead atoms. The zero-order chi connectivity index (χ0) is 18.2. The molecule has 2 N–H and O–H groups in total. The molecule has 0 saturated carbocycles. The minimum absolute atomic E-state index is 0.0318. The molecule has 4 nitrogen and oxygen atoms in total. The van der Waals surface area contributed by atoms with Gasteiger partial charge in [-0.25, -0.2) is 4.98 Å². The van der Waals surface area contributed by atoms with E-state index in [-0.39, 0.29) is 5.91 Å². The molecule has 3 heterocycles. The number of nitrogens with zero attached hydrogens (tertiary/aromatic N) is 1. The molecule has 5 rings (SSSR count). The average Bonchev–Trinajstić information content (AvgIpc) is 3.38. The Morgan fingerprint density at radius 3 is 2.93 bits per heavy atom. The van der Waals surface area contributed by atoms with Gasteiger partial charge in [0.05, 0.1) is 23.0 Å². The first-order valence-electron chi connectivity index (χ1n) is 9.18. The van der Waals surface area contributed by atoms with Gasteiger partial charge in [0.15, 0.2) is 0 Å². The Hall–Kier alpha value is -2.44. The predicted molar refractivity (Wildman–Crippen MR) is 113 cm³/mol. The SMILES string of the molecule is O=C(Cc1ccsc1)Nc1sc2c(c1-c1nc3ccccc3[nH]1)CCCC2. The van der Waals surface area contributed by atoms with Crippen molar-refractivity contribution >= 4 is 44.6 Å². The zero-order valence-electron chi connectivity index (χ0n) is 14.7. The van der Waals surface area contributed by atoms with Gasteiger partial charge in [0.25, 0.3) is 0 Å². The van der Waals surface area contributed by atoms with Crippen LogP contribution in [0.3, 0.4) is 0 Å². The lowest BCUT2D eigenvalue weighted by molar-refractivity contribution is -0.115. The number of imidazole rings is 1.